The maximum atomic E-state index is 1.66. The van der Waals surface area contributed by atoms with Crippen LogP contribution < -0.4 is 0 Å². The van der Waals surface area contributed by atoms with Crippen molar-refractivity contribution in [3.63, 3.8) is 0 Å². The normalized spacial score (nSPS) is 59.7. The third-order valence-corrected chi connectivity index (χ3v) is 9.86. The number of fused-ring (bicyclic) bond motifs is 6. The molecule has 9 unspecified atom stereocenters. The van der Waals surface area contributed by atoms with E-state index in [1.807, 2.05) is 0 Å². The topological polar surface area (TPSA) is 0 Å². The van der Waals surface area contributed by atoms with Crippen molar-refractivity contribution >= 4 is 0 Å². The van der Waals surface area contributed by atoms with Crippen LogP contribution in [0.3, 0.4) is 0 Å². The molecule has 6 rings (SSSR count). The Morgan fingerprint density at radius 2 is 0.773 bits per heavy atom. The predicted molar refractivity (Wildman–Crippen MR) is 90.3 cm³/mol. The van der Waals surface area contributed by atoms with Gasteiger partial charge in [0.2, 0.25) is 0 Å². The average molecular weight is 299 g/mol. The van der Waals surface area contributed by atoms with Gasteiger partial charge in [-0.1, -0.05) is 19.3 Å². The molecule has 6 bridgehead atoms. The Hall–Kier alpha value is 0. The van der Waals surface area contributed by atoms with Gasteiger partial charge in [0.25, 0.3) is 0 Å². The molecule has 6 fully saturated rings. The van der Waals surface area contributed by atoms with Crippen molar-refractivity contribution in [3.05, 3.63) is 0 Å². The molecule has 9 atom stereocenters. The minimum Gasteiger partial charge on any atom is -0.0502 e. The van der Waals surface area contributed by atoms with Gasteiger partial charge in [0.15, 0.2) is 0 Å². The first-order valence-corrected chi connectivity index (χ1v) is 10.8. The number of rotatable bonds is 3. The van der Waals surface area contributed by atoms with Crippen molar-refractivity contribution in [1.29, 1.82) is 0 Å². The zero-order valence-corrected chi connectivity index (χ0v) is 14.3. The quantitative estimate of drug-likeness (QED) is 0.607. The molecule has 0 aliphatic heterocycles. The summed E-state index contributed by atoms with van der Waals surface area (Å²) < 4.78 is 0. The Morgan fingerprint density at radius 3 is 1.00 bits per heavy atom. The first kappa shape index (κ1) is 13.3. The molecule has 0 aromatic rings. The zero-order valence-electron chi connectivity index (χ0n) is 14.3. The lowest BCUT2D eigenvalue weighted by Crippen LogP contribution is -2.38. The van der Waals surface area contributed by atoms with Gasteiger partial charge < -0.3 is 0 Å². The second-order valence-corrected chi connectivity index (χ2v) is 10.6. The van der Waals surface area contributed by atoms with Crippen LogP contribution in [0.5, 0.6) is 0 Å². The summed E-state index contributed by atoms with van der Waals surface area (Å²) in [5.41, 5.74) is 0. The van der Waals surface area contributed by atoms with Gasteiger partial charge in [0, 0.05) is 0 Å². The maximum Gasteiger partial charge on any atom is -0.0321 e. The van der Waals surface area contributed by atoms with Gasteiger partial charge >= 0.3 is 0 Å². The third-order valence-electron chi connectivity index (χ3n) is 9.86. The fraction of sp³-hybridized carbons (Fsp3) is 1.00. The van der Waals surface area contributed by atoms with Gasteiger partial charge in [0.05, 0.1) is 0 Å². The van der Waals surface area contributed by atoms with E-state index in [9.17, 15) is 0 Å². The molecule has 0 nitrogen and oxygen atoms in total. The van der Waals surface area contributed by atoms with Crippen molar-refractivity contribution in [2.24, 2.45) is 59.2 Å². The lowest BCUT2D eigenvalue weighted by molar-refractivity contribution is 0.0415. The average Bonchev–Trinajstić information content (AvgIpc) is 3.32. The molecular weight excluding hydrogens is 264 g/mol. The van der Waals surface area contributed by atoms with Crippen molar-refractivity contribution < 1.29 is 0 Å². The predicted octanol–water partition coefficient (Wildman–Crippen LogP) is 5.91. The van der Waals surface area contributed by atoms with E-state index in [0.29, 0.717) is 0 Å². The Bertz CT molecular complexity index is 386. The van der Waals surface area contributed by atoms with Gasteiger partial charge in [-0.25, -0.2) is 0 Å². The van der Waals surface area contributed by atoms with Gasteiger partial charge in [-0.2, -0.15) is 0 Å². The van der Waals surface area contributed by atoms with E-state index in [4.69, 9.17) is 0 Å². The molecule has 0 amide bonds. The summed E-state index contributed by atoms with van der Waals surface area (Å²) >= 11 is 0. The maximum absolute atomic E-state index is 1.66. The number of hydrogen-bond acceptors (Lipinski definition) is 0. The molecule has 0 aromatic heterocycles. The summed E-state index contributed by atoms with van der Waals surface area (Å²) in [6.07, 6.45) is 19.6. The Labute approximate surface area is 136 Å². The van der Waals surface area contributed by atoms with E-state index in [0.717, 1.165) is 17.8 Å². The molecular formula is C22H34. The SMILES string of the molecule is C1CC2CC1CC2C(C1CC2CCC1C2)C1CC2CCC1C2. The summed E-state index contributed by atoms with van der Waals surface area (Å²) in [6.45, 7) is 0. The van der Waals surface area contributed by atoms with Crippen LogP contribution in [0, 0.1) is 59.2 Å². The lowest BCUT2D eigenvalue weighted by atomic mass is 9.61. The second kappa shape index (κ2) is 4.76. The van der Waals surface area contributed by atoms with E-state index in [-0.39, 0.29) is 0 Å². The summed E-state index contributed by atoms with van der Waals surface area (Å²) in [7, 11) is 0. The third kappa shape index (κ3) is 1.82. The highest BCUT2D eigenvalue weighted by Gasteiger charge is 2.55. The molecule has 6 aliphatic rings. The molecule has 6 saturated carbocycles. The molecule has 0 N–H and O–H groups in total. The molecule has 22 heavy (non-hydrogen) atoms. The Balaban J connectivity index is 1.32. The highest BCUT2D eigenvalue weighted by atomic mass is 14.6. The number of hydrogen-bond donors (Lipinski definition) is 0. The summed E-state index contributed by atoms with van der Waals surface area (Å²) in [5.74, 6) is 11.8. The zero-order chi connectivity index (χ0) is 14.3. The Kier molecular flexibility index (Phi) is 2.88. The molecule has 0 heteroatoms. The van der Waals surface area contributed by atoms with Crippen LogP contribution in [-0.4, -0.2) is 0 Å². The van der Waals surface area contributed by atoms with Gasteiger partial charge in [0.1, 0.15) is 0 Å². The van der Waals surface area contributed by atoms with Crippen molar-refractivity contribution in [1.82, 2.24) is 0 Å². The molecule has 0 aromatic carbocycles. The smallest absolute Gasteiger partial charge is 0.0321 e. The standard InChI is InChI=1S/C22H34/c1-4-16-7-13(1)10-19(16)22(20-11-14-2-5-17(20)8-14)21-12-15-3-6-18(21)9-15/h13-22H,1-12H2. The fourth-order valence-corrected chi connectivity index (χ4v) is 9.25. The van der Waals surface area contributed by atoms with Gasteiger partial charge in [-0.05, 0) is 117 Å². The highest BCUT2D eigenvalue weighted by molar-refractivity contribution is 5.05. The summed E-state index contributed by atoms with van der Waals surface area (Å²) in [6, 6.07) is 0. The molecule has 0 spiro atoms. The minimum absolute atomic E-state index is 1.16. The van der Waals surface area contributed by atoms with Gasteiger partial charge in [-0.3, -0.25) is 0 Å². The van der Waals surface area contributed by atoms with E-state index in [1.165, 1.54) is 41.4 Å². The van der Waals surface area contributed by atoms with E-state index in [1.54, 1.807) is 77.0 Å². The molecule has 122 valence electrons. The lowest BCUT2D eigenvalue weighted by Gasteiger charge is -2.44. The summed E-state index contributed by atoms with van der Waals surface area (Å²) in [5, 5.41) is 0. The van der Waals surface area contributed by atoms with Crippen LogP contribution in [0.1, 0.15) is 77.0 Å². The second-order valence-electron chi connectivity index (χ2n) is 10.6. The van der Waals surface area contributed by atoms with Crippen LogP contribution in [0.2, 0.25) is 0 Å². The minimum atomic E-state index is 1.16. The molecule has 0 heterocycles. The van der Waals surface area contributed by atoms with Crippen LogP contribution in [0.15, 0.2) is 0 Å². The first-order chi connectivity index (χ1) is 10.8. The highest BCUT2D eigenvalue weighted by Crippen LogP contribution is 2.64. The van der Waals surface area contributed by atoms with E-state index < -0.39 is 0 Å². The summed E-state index contributed by atoms with van der Waals surface area (Å²) in [4.78, 5) is 0. The largest absolute Gasteiger partial charge is 0.0502 e. The Morgan fingerprint density at radius 1 is 0.409 bits per heavy atom. The fourth-order valence-electron chi connectivity index (χ4n) is 9.25. The van der Waals surface area contributed by atoms with Crippen molar-refractivity contribution in [3.8, 4) is 0 Å². The molecule has 0 saturated heterocycles. The molecule has 0 radical (unpaired) electrons. The van der Waals surface area contributed by atoms with Crippen molar-refractivity contribution in [2.75, 3.05) is 0 Å². The van der Waals surface area contributed by atoms with E-state index >= 15 is 0 Å². The van der Waals surface area contributed by atoms with E-state index in [2.05, 4.69) is 0 Å². The monoisotopic (exact) mass is 298 g/mol. The van der Waals surface area contributed by atoms with Gasteiger partial charge in [-0.15, -0.1) is 0 Å². The van der Waals surface area contributed by atoms with Crippen LogP contribution in [0.4, 0.5) is 0 Å². The van der Waals surface area contributed by atoms with Crippen LogP contribution >= 0.6 is 0 Å². The first-order valence-electron chi connectivity index (χ1n) is 10.8. The van der Waals surface area contributed by atoms with Crippen molar-refractivity contribution in [2.45, 2.75) is 77.0 Å². The molecule has 6 aliphatic carbocycles. The van der Waals surface area contributed by atoms with Crippen LogP contribution in [-0.2, 0) is 0 Å². The van der Waals surface area contributed by atoms with Crippen LogP contribution in [0.25, 0.3) is 0 Å².